The quantitative estimate of drug-likeness (QED) is 0.870. The van der Waals surface area contributed by atoms with Crippen molar-refractivity contribution in [3.8, 4) is 0 Å². The molecule has 0 aromatic heterocycles. The van der Waals surface area contributed by atoms with Crippen molar-refractivity contribution in [2.75, 3.05) is 26.3 Å². The number of rotatable bonds is 2. The smallest absolute Gasteiger partial charge is 0.169 e. The normalized spacial score (nSPS) is 40.0. The molecule has 1 spiro atoms. The number of piperidine rings is 1. The highest BCUT2D eigenvalue weighted by Gasteiger charge is 2.68. The summed E-state index contributed by atoms with van der Waals surface area (Å²) >= 11 is 0. The molecule has 1 aromatic carbocycles. The van der Waals surface area contributed by atoms with Crippen LogP contribution in [-0.2, 0) is 21.3 Å². The molecule has 4 nitrogen and oxygen atoms in total. The molecule has 146 valence electrons. The minimum absolute atomic E-state index is 0.236. The number of benzene rings is 1. The second-order valence-corrected chi connectivity index (χ2v) is 9.86. The van der Waals surface area contributed by atoms with E-state index in [-0.39, 0.29) is 11.5 Å². The van der Waals surface area contributed by atoms with E-state index in [1.165, 1.54) is 36.1 Å². The van der Waals surface area contributed by atoms with Crippen LogP contribution in [0.5, 0.6) is 0 Å². The fourth-order valence-electron chi connectivity index (χ4n) is 6.78. The van der Waals surface area contributed by atoms with Crippen LogP contribution in [0.25, 0.3) is 0 Å². The van der Waals surface area contributed by atoms with Crippen LogP contribution in [-0.4, -0.2) is 53.7 Å². The van der Waals surface area contributed by atoms with Crippen LogP contribution in [0.1, 0.15) is 55.2 Å². The van der Waals surface area contributed by atoms with Gasteiger partial charge in [-0.15, -0.1) is 0 Å². The lowest BCUT2D eigenvalue weighted by molar-refractivity contribution is -0.259. The van der Waals surface area contributed by atoms with Crippen molar-refractivity contribution in [1.82, 2.24) is 4.90 Å². The van der Waals surface area contributed by atoms with Crippen LogP contribution in [0.3, 0.4) is 0 Å². The van der Waals surface area contributed by atoms with Crippen LogP contribution < -0.4 is 0 Å². The van der Waals surface area contributed by atoms with Crippen molar-refractivity contribution < 1.29 is 14.6 Å². The summed E-state index contributed by atoms with van der Waals surface area (Å²) in [6, 6.07) is 7.14. The highest BCUT2D eigenvalue weighted by Crippen LogP contribution is 2.61. The predicted octanol–water partition coefficient (Wildman–Crippen LogP) is 2.93. The minimum atomic E-state index is -0.665. The maximum atomic E-state index is 12.3. The highest BCUT2D eigenvalue weighted by molar-refractivity contribution is 5.47. The average Bonchev–Trinajstić information content (AvgIpc) is 3.36. The predicted molar refractivity (Wildman–Crippen MR) is 103 cm³/mol. The molecule has 4 heteroatoms. The first-order valence-corrected chi connectivity index (χ1v) is 10.9. The Morgan fingerprint density at radius 3 is 2.74 bits per heavy atom. The molecular weight excluding hydrogens is 338 g/mol. The number of aryl methyl sites for hydroxylation is 1. The molecule has 5 aliphatic rings. The average molecular weight is 370 g/mol. The molecule has 3 aliphatic carbocycles. The Morgan fingerprint density at radius 2 is 1.96 bits per heavy atom. The monoisotopic (exact) mass is 369 g/mol. The molecule has 0 radical (unpaired) electrons. The van der Waals surface area contributed by atoms with Crippen molar-refractivity contribution in [2.45, 2.75) is 74.7 Å². The third-order valence-corrected chi connectivity index (χ3v) is 8.30. The number of hydrogen-bond acceptors (Lipinski definition) is 4. The molecule has 1 aromatic rings. The summed E-state index contributed by atoms with van der Waals surface area (Å²) in [7, 11) is 0. The maximum Gasteiger partial charge on any atom is 0.169 e. The Hall–Kier alpha value is -0.940. The topological polar surface area (TPSA) is 41.9 Å². The van der Waals surface area contributed by atoms with Crippen LogP contribution in [0.4, 0.5) is 0 Å². The van der Waals surface area contributed by atoms with Crippen molar-refractivity contribution in [2.24, 2.45) is 5.92 Å². The second-order valence-electron chi connectivity index (χ2n) is 9.86. The zero-order valence-corrected chi connectivity index (χ0v) is 16.4. The van der Waals surface area contributed by atoms with E-state index in [9.17, 15) is 5.11 Å². The molecule has 3 atom stereocenters. The van der Waals surface area contributed by atoms with Gasteiger partial charge in [0, 0.05) is 30.8 Å². The fraction of sp³-hybridized carbons (Fsp3) is 0.739. The number of fused-ring (bicyclic) bond motifs is 1. The van der Waals surface area contributed by atoms with Gasteiger partial charge in [0.1, 0.15) is 0 Å². The lowest BCUT2D eigenvalue weighted by Crippen LogP contribution is -2.75. The molecule has 27 heavy (non-hydrogen) atoms. The Labute approximate surface area is 161 Å². The molecule has 2 saturated heterocycles. The fourth-order valence-corrected chi connectivity index (χ4v) is 6.78. The van der Waals surface area contributed by atoms with Crippen molar-refractivity contribution in [3.63, 3.8) is 0 Å². The largest absolute Gasteiger partial charge is 0.387 e. The number of ether oxygens (including phenoxy) is 2. The van der Waals surface area contributed by atoms with Gasteiger partial charge in [-0.2, -0.15) is 0 Å². The van der Waals surface area contributed by atoms with Crippen LogP contribution in [0, 0.1) is 12.8 Å². The first kappa shape index (κ1) is 17.0. The Morgan fingerprint density at radius 1 is 1.15 bits per heavy atom. The van der Waals surface area contributed by atoms with E-state index in [4.69, 9.17) is 9.47 Å². The Kier molecular flexibility index (Phi) is 3.50. The SMILES string of the molecule is Cc1ccc2c(c1)[C@]13CCN(CC4CC4)[C@H](C2)[C@]1(O)CCC1(C3)OCCO1. The van der Waals surface area contributed by atoms with E-state index in [1.54, 1.807) is 0 Å². The van der Waals surface area contributed by atoms with Crippen molar-refractivity contribution >= 4 is 0 Å². The van der Waals surface area contributed by atoms with E-state index in [0.717, 1.165) is 44.6 Å². The van der Waals surface area contributed by atoms with Gasteiger partial charge >= 0.3 is 0 Å². The number of hydrogen-bond donors (Lipinski definition) is 1. The summed E-state index contributed by atoms with van der Waals surface area (Å²) in [5.41, 5.74) is 3.20. The van der Waals surface area contributed by atoms with Gasteiger partial charge in [0.2, 0.25) is 0 Å². The number of likely N-dealkylation sites (tertiary alicyclic amines) is 1. The summed E-state index contributed by atoms with van der Waals surface area (Å²) in [5.74, 6) is 0.380. The van der Waals surface area contributed by atoms with Gasteiger partial charge in [0.05, 0.1) is 18.8 Å². The highest BCUT2D eigenvalue weighted by atomic mass is 16.7. The first-order chi connectivity index (χ1) is 13.0. The van der Waals surface area contributed by atoms with Gasteiger partial charge in [-0.1, -0.05) is 23.8 Å². The molecule has 4 fully saturated rings. The van der Waals surface area contributed by atoms with E-state index in [1.807, 2.05) is 0 Å². The van der Waals surface area contributed by atoms with Crippen molar-refractivity contribution in [1.29, 1.82) is 0 Å². The molecule has 1 N–H and O–H groups in total. The van der Waals surface area contributed by atoms with E-state index >= 15 is 0 Å². The molecule has 6 rings (SSSR count). The van der Waals surface area contributed by atoms with Gasteiger partial charge in [0.15, 0.2) is 5.79 Å². The van der Waals surface area contributed by atoms with Gasteiger partial charge in [-0.25, -0.2) is 0 Å². The number of nitrogens with zero attached hydrogens (tertiary/aromatic N) is 1. The number of aliphatic hydroxyl groups is 1. The van der Waals surface area contributed by atoms with Crippen molar-refractivity contribution in [3.05, 3.63) is 34.9 Å². The summed E-state index contributed by atoms with van der Waals surface area (Å²) in [6.45, 7) is 5.81. The van der Waals surface area contributed by atoms with Crippen LogP contribution in [0.15, 0.2) is 18.2 Å². The summed E-state index contributed by atoms with van der Waals surface area (Å²) < 4.78 is 12.3. The second kappa shape index (κ2) is 5.56. The van der Waals surface area contributed by atoms with Gasteiger partial charge in [-0.05, 0) is 62.6 Å². The Bertz CT molecular complexity index is 769. The van der Waals surface area contributed by atoms with Crippen LogP contribution in [0.2, 0.25) is 0 Å². The summed E-state index contributed by atoms with van der Waals surface area (Å²) in [6.07, 6.45) is 7.14. The molecule has 0 unspecified atom stereocenters. The minimum Gasteiger partial charge on any atom is -0.387 e. The lowest BCUT2D eigenvalue weighted by atomic mass is 9.48. The van der Waals surface area contributed by atoms with E-state index in [2.05, 4.69) is 30.0 Å². The molecule has 2 saturated carbocycles. The summed E-state index contributed by atoms with van der Waals surface area (Å²) in [4.78, 5) is 2.63. The van der Waals surface area contributed by atoms with E-state index < -0.39 is 11.4 Å². The molecular formula is C23H31NO3. The van der Waals surface area contributed by atoms with Gasteiger partial charge < -0.3 is 14.6 Å². The molecule has 2 aliphatic heterocycles. The zero-order valence-electron chi connectivity index (χ0n) is 16.4. The first-order valence-electron chi connectivity index (χ1n) is 10.9. The molecule has 0 amide bonds. The summed E-state index contributed by atoms with van der Waals surface area (Å²) in [5, 5.41) is 12.3. The van der Waals surface area contributed by atoms with Gasteiger partial charge in [0.25, 0.3) is 0 Å². The maximum absolute atomic E-state index is 12.3. The third kappa shape index (κ3) is 2.30. The Balaban J connectivity index is 1.49. The van der Waals surface area contributed by atoms with Crippen LogP contribution >= 0.6 is 0 Å². The van der Waals surface area contributed by atoms with E-state index in [0.29, 0.717) is 13.2 Å². The lowest BCUT2D eigenvalue weighted by Gasteiger charge is -2.65. The standard InChI is InChI=1S/C23H31NO3/c1-16-2-5-18-13-20-23(25)7-6-22(26-10-11-27-22)15-21(23,19(18)12-16)8-9-24(20)14-17-3-4-17/h2,5,12,17,20,25H,3-4,6-11,13-15H2,1H3/t20-,21-,23-/m1/s1. The zero-order chi connectivity index (χ0) is 18.3. The molecule has 2 bridgehead atoms. The third-order valence-electron chi connectivity index (χ3n) is 8.30. The molecule has 2 heterocycles. The van der Waals surface area contributed by atoms with Gasteiger partial charge in [-0.3, -0.25) is 4.90 Å².